The number of nitrogens with one attached hydrogen (secondary N) is 1. The van der Waals surface area contributed by atoms with Gasteiger partial charge in [-0.2, -0.15) is 13.2 Å². The number of hydrogen-bond acceptors (Lipinski definition) is 3. The van der Waals surface area contributed by atoms with Crippen LogP contribution in [0.4, 0.5) is 18.9 Å². The van der Waals surface area contributed by atoms with E-state index in [-0.39, 0.29) is 17.9 Å². The Kier molecular flexibility index (Phi) is 5.89. The first kappa shape index (κ1) is 17.9. The molecule has 4 nitrogen and oxygen atoms in total. The Morgan fingerprint density at radius 2 is 2.08 bits per heavy atom. The van der Waals surface area contributed by atoms with Crippen LogP contribution in [0, 0.1) is 0 Å². The first-order chi connectivity index (χ1) is 11.4. The molecule has 0 spiro atoms. The van der Waals surface area contributed by atoms with Gasteiger partial charge in [-0.05, 0) is 36.8 Å². The minimum absolute atomic E-state index is 0.0164. The number of anilines is 1. The lowest BCUT2D eigenvalue weighted by Crippen LogP contribution is -2.15. The van der Waals surface area contributed by atoms with E-state index < -0.39 is 17.6 Å². The second kappa shape index (κ2) is 7.90. The van der Waals surface area contributed by atoms with Gasteiger partial charge in [-0.3, -0.25) is 4.79 Å². The molecule has 0 aliphatic rings. The highest BCUT2D eigenvalue weighted by atomic mass is 19.4. The fraction of sp³-hybridized carbons (Fsp3) is 0.353. The second-order valence-electron chi connectivity index (χ2n) is 5.18. The van der Waals surface area contributed by atoms with E-state index in [4.69, 9.17) is 9.15 Å². The summed E-state index contributed by atoms with van der Waals surface area (Å²) in [6.07, 6.45) is -1.83. The zero-order chi connectivity index (χ0) is 17.6. The average molecular weight is 341 g/mol. The van der Waals surface area contributed by atoms with Gasteiger partial charge >= 0.3 is 6.18 Å². The molecule has 2 aromatic rings. The molecule has 1 aromatic carbocycles. The number of halogens is 3. The predicted octanol–water partition coefficient (Wildman–Crippen LogP) is 4.66. The van der Waals surface area contributed by atoms with E-state index in [1.54, 1.807) is 12.1 Å². The van der Waals surface area contributed by atoms with Gasteiger partial charge in [-0.25, -0.2) is 0 Å². The van der Waals surface area contributed by atoms with Crippen LogP contribution in [0.25, 0.3) is 0 Å². The molecule has 0 unspecified atom stereocenters. The minimum Gasteiger partial charge on any atom is -0.491 e. The lowest BCUT2D eigenvalue weighted by atomic mass is 10.1. The van der Waals surface area contributed by atoms with Crippen molar-refractivity contribution >= 4 is 11.6 Å². The van der Waals surface area contributed by atoms with Crippen molar-refractivity contribution in [2.24, 2.45) is 0 Å². The highest BCUT2D eigenvalue weighted by Crippen LogP contribution is 2.35. The number of alkyl halides is 3. The Balaban J connectivity index is 2.10. The van der Waals surface area contributed by atoms with Crippen LogP contribution in [0.5, 0.6) is 5.75 Å². The van der Waals surface area contributed by atoms with Crippen LogP contribution in [-0.4, -0.2) is 12.5 Å². The first-order valence-electron chi connectivity index (χ1n) is 7.56. The molecular formula is C17H18F3NO3. The minimum atomic E-state index is -4.49. The summed E-state index contributed by atoms with van der Waals surface area (Å²) >= 11 is 0. The molecule has 2 rings (SSSR count). The molecule has 0 saturated carbocycles. The Morgan fingerprint density at radius 1 is 1.29 bits per heavy atom. The van der Waals surface area contributed by atoms with Gasteiger partial charge in [-0.1, -0.05) is 6.92 Å². The topological polar surface area (TPSA) is 51.5 Å². The maximum atomic E-state index is 12.9. The summed E-state index contributed by atoms with van der Waals surface area (Å²) in [4.78, 5) is 12.0. The maximum Gasteiger partial charge on any atom is 0.416 e. The lowest BCUT2D eigenvalue weighted by molar-refractivity contribution is -0.137. The molecule has 0 bridgehead atoms. The van der Waals surface area contributed by atoms with E-state index in [0.29, 0.717) is 25.2 Å². The van der Waals surface area contributed by atoms with E-state index >= 15 is 0 Å². The van der Waals surface area contributed by atoms with E-state index in [9.17, 15) is 18.0 Å². The smallest absolute Gasteiger partial charge is 0.416 e. The number of aryl methyl sites for hydroxylation is 1. The van der Waals surface area contributed by atoms with E-state index in [2.05, 4.69) is 5.32 Å². The van der Waals surface area contributed by atoms with Gasteiger partial charge in [0.15, 0.2) is 0 Å². The fourth-order valence-electron chi connectivity index (χ4n) is 2.05. The standard InChI is InChI=1S/C17H18F3NO3/c1-2-9-24-15-7-5-12(17(18,19)20)11-14(15)21-16(22)8-6-13-4-3-10-23-13/h3-5,7,10-11H,2,6,8-9H2,1H3,(H,21,22). The van der Waals surface area contributed by atoms with Crippen molar-refractivity contribution in [3.8, 4) is 5.75 Å². The molecule has 7 heteroatoms. The van der Waals surface area contributed by atoms with E-state index in [1.165, 1.54) is 12.3 Å². The molecule has 1 N–H and O–H groups in total. The molecule has 0 radical (unpaired) electrons. The third-order valence-corrected chi connectivity index (χ3v) is 3.22. The largest absolute Gasteiger partial charge is 0.491 e. The number of rotatable bonds is 7. The van der Waals surface area contributed by atoms with Crippen molar-refractivity contribution < 1.29 is 27.1 Å². The van der Waals surface area contributed by atoms with Crippen molar-refractivity contribution in [3.05, 3.63) is 47.9 Å². The van der Waals surface area contributed by atoms with Crippen LogP contribution in [-0.2, 0) is 17.4 Å². The van der Waals surface area contributed by atoms with E-state index in [0.717, 1.165) is 12.1 Å². The molecule has 1 aromatic heterocycles. The van der Waals surface area contributed by atoms with Gasteiger partial charge < -0.3 is 14.5 Å². The summed E-state index contributed by atoms with van der Waals surface area (Å²) in [5, 5.41) is 2.49. The van der Waals surface area contributed by atoms with Crippen molar-refractivity contribution in [2.75, 3.05) is 11.9 Å². The molecule has 0 atom stereocenters. The van der Waals surface area contributed by atoms with Crippen molar-refractivity contribution in [2.45, 2.75) is 32.4 Å². The molecular weight excluding hydrogens is 323 g/mol. The number of ether oxygens (including phenoxy) is 1. The number of carbonyl (C=O) groups excluding carboxylic acids is 1. The summed E-state index contributed by atoms with van der Waals surface area (Å²) < 4.78 is 49.1. The van der Waals surface area contributed by atoms with Gasteiger partial charge in [0.25, 0.3) is 0 Å². The Hall–Kier alpha value is -2.44. The first-order valence-corrected chi connectivity index (χ1v) is 7.56. The molecule has 0 saturated heterocycles. The van der Waals surface area contributed by atoms with E-state index in [1.807, 2.05) is 6.92 Å². The molecule has 0 aliphatic carbocycles. The molecule has 0 aliphatic heterocycles. The van der Waals surface area contributed by atoms with Gasteiger partial charge in [0.2, 0.25) is 5.91 Å². The summed E-state index contributed by atoms with van der Waals surface area (Å²) in [5.74, 6) is 0.444. The predicted molar refractivity (Wildman–Crippen MR) is 82.9 cm³/mol. The van der Waals surface area contributed by atoms with Crippen LogP contribution in [0.15, 0.2) is 41.0 Å². The van der Waals surface area contributed by atoms with Gasteiger partial charge in [0.1, 0.15) is 11.5 Å². The van der Waals surface area contributed by atoms with Gasteiger partial charge in [-0.15, -0.1) is 0 Å². The van der Waals surface area contributed by atoms with Crippen molar-refractivity contribution in [1.82, 2.24) is 0 Å². The fourth-order valence-corrected chi connectivity index (χ4v) is 2.05. The zero-order valence-corrected chi connectivity index (χ0v) is 13.2. The Labute approximate surface area is 137 Å². The number of hydrogen-bond donors (Lipinski definition) is 1. The molecule has 24 heavy (non-hydrogen) atoms. The molecule has 0 fully saturated rings. The van der Waals surface area contributed by atoms with Crippen LogP contribution in [0.3, 0.4) is 0 Å². The second-order valence-corrected chi connectivity index (χ2v) is 5.18. The van der Waals surface area contributed by atoms with Crippen LogP contribution in [0.2, 0.25) is 0 Å². The van der Waals surface area contributed by atoms with Crippen LogP contribution >= 0.6 is 0 Å². The SMILES string of the molecule is CCCOc1ccc(C(F)(F)F)cc1NC(=O)CCc1ccco1. The van der Waals surface area contributed by atoms with Crippen molar-refractivity contribution in [1.29, 1.82) is 0 Å². The van der Waals surface area contributed by atoms with Crippen LogP contribution < -0.4 is 10.1 Å². The molecule has 1 amide bonds. The summed E-state index contributed by atoms with van der Waals surface area (Å²) in [6, 6.07) is 6.48. The molecule has 1 heterocycles. The average Bonchev–Trinajstić information content (AvgIpc) is 3.04. The highest BCUT2D eigenvalue weighted by molar-refractivity contribution is 5.92. The number of benzene rings is 1. The number of furan rings is 1. The monoisotopic (exact) mass is 341 g/mol. The Bertz CT molecular complexity index is 666. The van der Waals surface area contributed by atoms with Crippen molar-refractivity contribution in [3.63, 3.8) is 0 Å². The summed E-state index contributed by atoms with van der Waals surface area (Å²) in [5.41, 5.74) is -0.824. The zero-order valence-electron chi connectivity index (χ0n) is 13.2. The van der Waals surface area contributed by atoms with Gasteiger partial charge in [0, 0.05) is 12.8 Å². The van der Waals surface area contributed by atoms with Gasteiger partial charge in [0.05, 0.1) is 24.1 Å². The maximum absolute atomic E-state index is 12.9. The summed E-state index contributed by atoms with van der Waals surface area (Å²) in [6.45, 7) is 2.23. The highest BCUT2D eigenvalue weighted by Gasteiger charge is 2.31. The Morgan fingerprint density at radius 3 is 2.71 bits per heavy atom. The molecule has 130 valence electrons. The normalized spacial score (nSPS) is 11.3. The third kappa shape index (κ3) is 5.04. The third-order valence-electron chi connectivity index (χ3n) is 3.22. The number of carbonyl (C=O) groups is 1. The lowest BCUT2D eigenvalue weighted by Gasteiger charge is -2.15. The van der Waals surface area contributed by atoms with Crippen LogP contribution in [0.1, 0.15) is 31.1 Å². The quantitative estimate of drug-likeness (QED) is 0.797. The number of amides is 1. The summed E-state index contributed by atoms with van der Waals surface area (Å²) in [7, 11) is 0.